The maximum atomic E-state index is 11.9. The van der Waals surface area contributed by atoms with E-state index >= 15 is 0 Å². The maximum Gasteiger partial charge on any atom is 0.195 e. The van der Waals surface area contributed by atoms with Gasteiger partial charge in [0, 0.05) is 5.56 Å². The van der Waals surface area contributed by atoms with E-state index < -0.39 is 6.10 Å². The highest BCUT2D eigenvalue weighted by Crippen LogP contribution is 2.17. The van der Waals surface area contributed by atoms with Crippen molar-refractivity contribution in [1.82, 2.24) is 0 Å². The number of aliphatic hydroxyl groups excluding tert-OH is 1. The summed E-state index contributed by atoms with van der Waals surface area (Å²) in [5.41, 5.74) is 2.32. The van der Waals surface area contributed by atoms with Crippen LogP contribution >= 0.6 is 0 Å². The largest absolute Gasteiger partial charge is 0.380 e. The third-order valence-electron chi connectivity index (χ3n) is 2.42. The third-order valence-corrected chi connectivity index (χ3v) is 2.42. The molecule has 0 saturated heterocycles. The average molecular weight is 310 g/mol. The second-order valence-corrected chi connectivity index (χ2v) is 5.16. The summed E-state index contributed by atoms with van der Waals surface area (Å²) in [7, 11) is 0. The first-order valence-electron chi connectivity index (χ1n) is 7.45. The lowest BCUT2D eigenvalue weighted by Gasteiger charge is -2.09. The van der Waals surface area contributed by atoms with E-state index in [4.69, 9.17) is 0 Å². The number of carbonyl (C=O) groups excluding carboxylic acids is 1. The summed E-state index contributed by atoms with van der Waals surface area (Å²) < 4.78 is 0. The van der Waals surface area contributed by atoms with Gasteiger partial charge in [0.25, 0.3) is 0 Å². The van der Waals surface area contributed by atoms with E-state index in [1.54, 1.807) is 54.6 Å². The van der Waals surface area contributed by atoms with Gasteiger partial charge in [-0.1, -0.05) is 72.3 Å². The van der Waals surface area contributed by atoms with Crippen molar-refractivity contribution in [2.45, 2.75) is 26.9 Å². The number of aliphatic hydroxyl groups is 1. The molecule has 0 aliphatic rings. The monoisotopic (exact) mass is 310 g/mol. The molecule has 0 fully saturated rings. The Kier molecular flexibility index (Phi) is 10.8. The summed E-state index contributed by atoms with van der Waals surface area (Å²) in [6.07, 6.45) is 0.670. The zero-order valence-corrected chi connectivity index (χ0v) is 14.2. The van der Waals surface area contributed by atoms with Crippen LogP contribution in [0, 0.1) is 0 Å². The fourth-order valence-corrected chi connectivity index (χ4v) is 1.55. The smallest absolute Gasteiger partial charge is 0.195 e. The lowest BCUT2D eigenvalue weighted by Crippen LogP contribution is -2.11. The molecule has 0 aliphatic heterocycles. The van der Waals surface area contributed by atoms with Gasteiger partial charge >= 0.3 is 0 Å². The van der Waals surface area contributed by atoms with Crippen LogP contribution in [0.3, 0.4) is 0 Å². The van der Waals surface area contributed by atoms with E-state index in [0.29, 0.717) is 11.1 Å². The molecule has 0 saturated carbocycles. The number of hydrogen-bond acceptors (Lipinski definition) is 2. The molecule has 23 heavy (non-hydrogen) atoms. The Hall–Kier alpha value is -2.45. The second kappa shape index (κ2) is 12.1. The van der Waals surface area contributed by atoms with Gasteiger partial charge in [-0.2, -0.15) is 0 Å². The van der Waals surface area contributed by atoms with E-state index in [-0.39, 0.29) is 5.78 Å². The molecule has 1 atom stereocenters. The van der Waals surface area contributed by atoms with Crippen molar-refractivity contribution in [2.75, 3.05) is 0 Å². The van der Waals surface area contributed by atoms with Crippen LogP contribution in [0.5, 0.6) is 0 Å². The molecule has 0 aromatic heterocycles. The summed E-state index contributed by atoms with van der Waals surface area (Å²) in [4.78, 5) is 11.9. The molecule has 0 heterocycles. The fraction of sp³-hybridized carbons (Fsp3) is 0.190. The molecule has 0 spiro atoms. The molecular formula is C21H26O2. The zero-order valence-electron chi connectivity index (χ0n) is 14.2. The topological polar surface area (TPSA) is 37.3 Å². The fourth-order valence-electron chi connectivity index (χ4n) is 1.55. The van der Waals surface area contributed by atoms with Gasteiger partial charge < -0.3 is 5.11 Å². The van der Waals surface area contributed by atoms with E-state index in [9.17, 15) is 9.90 Å². The van der Waals surface area contributed by atoms with Gasteiger partial charge in [0.05, 0.1) is 0 Å². The Bertz CT molecular complexity index is 582. The first-order valence-corrected chi connectivity index (χ1v) is 7.45. The van der Waals surface area contributed by atoms with Crippen molar-refractivity contribution in [3.05, 3.63) is 96.6 Å². The number of rotatable bonds is 3. The van der Waals surface area contributed by atoms with Crippen LogP contribution in [-0.2, 0) is 0 Å². The van der Waals surface area contributed by atoms with Crippen LogP contribution in [0.2, 0.25) is 0 Å². The zero-order chi connectivity index (χ0) is 17.7. The highest BCUT2D eigenvalue weighted by molar-refractivity contribution is 5.99. The minimum Gasteiger partial charge on any atom is -0.380 e. The van der Waals surface area contributed by atoms with Crippen molar-refractivity contribution in [3.63, 3.8) is 0 Å². The molecule has 0 aliphatic carbocycles. The van der Waals surface area contributed by atoms with Crippen molar-refractivity contribution < 1.29 is 9.90 Å². The van der Waals surface area contributed by atoms with Crippen molar-refractivity contribution >= 4 is 5.78 Å². The molecule has 0 amide bonds. The predicted octanol–water partition coefficient (Wildman–Crippen LogP) is 5.38. The number of ketones is 1. The highest BCUT2D eigenvalue weighted by Gasteiger charge is 2.18. The molecule has 2 aromatic rings. The van der Waals surface area contributed by atoms with Gasteiger partial charge in [0.1, 0.15) is 6.10 Å². The van der Waals surface area contributed by atoms with Gasteiger partial charge in [-0.25, -0.2) is 0 Å². The number of allylic oxidation sites excluding steroid dienone is 2. The van der Waals surface area contributed by atoms with Crippen molar-refractivity contribution in [2.24, 2.45) is 0 Å². The van der Waals surface area contributed by atoms with E-state index in [1.165, 1.54) is 5.57 Å². The van der Waals surface area contributed by atoms with Crippen LogP contribution in [0.4, 0.5) is 0 Å². The number of carbonyl (C=O) groups is 1. The Morgan fingerprint density at radius 2 is 1.35 bits per heavy atom. The third kappa shape index (κ3) is 9.22. The van der Waals surface area contributed by atoms with E-state index in [0.717, 1.165) is 0 Å². The van der Waals surface area contributed by atoms with E-state index in [2.05, 4.69) is 13.2 Å². The second-order valence-electron chi connectivity index (χ2n) is 5.16. The summed E-state index contributed by atoms with van der Waals surface area (Å²) in [5, 5.41) is 9.89. The summed E-state index contributed by atoms with van der Waals surface area (Å²) in [6, 6.07) is 17.7. The van der Waals surface area contributed by atoms with Crippen LogP contribution in [0.25, 0.3) is 0 Å². The molecule has 2 nitrogen and oxygen atoms in total. The van der Waals surface area contributed by atoms with Gasteiger partial charge in [-0.05, 0) is 26.3 Å². The highest BCUT2D eigenvalue weighted by atomic mass is 16.3. The SMILES string of the molecule is C=C(C)C.C=CC.O=C(c1ccccc1)C(O)c1ccccc1. The number of benzene rings is 2. The predicted molar refractivity (Wildman–Crippen MR) is 98.5 cm³/mol. The Morgan fingerprint density at radius 3 is 1.74 bits per heavy atom. The van der Waals surface area contributed by atoms with Crippen LogP contribution in [0.1, 0.15) is 42.8 Å². The Labute approximate surface area is 139 Å². The van der Waals surface area contributed by atoms with Crippen LogP contribution in [0.15, 0.2) is 85.5 Å². The molecule has 2 heteroatoms. The van der Waals surface area contributed by atoms with Gasteiger partial charge in [-0.15, -0.1) is 13.2 Å². The number of hydrogen-bond donors (Lipinski definition) is 1. The minimum atomic E-state index is -1.08. The van der Waals surface area contributed by atoms with Gasteiger partial charge in [-0.3, -0.25) is 4.79 Å². The molecule has 1 N–H and O–H groups in total. The van der Waals surface area contributed by atoms with Crippen LogP contribution in [-0.4, -0.2) is 10.9 Å². The first kappa shape index (κ1) is 20.6. The first-order chi connectivity index (χ1) is 10.9. The van der Waals surface area contributed by atoms with Crippen molar-refractivity contribution in [3.8, 4) is 0 Å². The standard InChI is InChI=1S/C14H12O2.C4H8.C3H6/c15-13(11-7-3-1-4-8-11)14(16)12-9-5-2-6-10-12;1-4(2)3;1-3-2/h1-10,13,15H;1H2,2-3H3;3H,1H2,2H3. The quantitative estimate of drug-likeness (QED) is 0.610. The summed E-state index contributed by atoms with van der Waals surface area (Å²) >= 11 is 0. The molecule has 122 valence electrons. The molecule has 0 radical (unpaired) electrons. The molecular weight excluding hydrogens is 284 g/mol. The molecule has 2 aromatic carbocycles. The maximum absolute atomic E-state index is 11.9. The number of Topliss-reactive ketones (excluding diaryl/α,β-unsaturated/α-hetero) is 1. The normalized spacial score (nSPS) is 10.1. The van der Waals surface area contributed by atoms with Gasteiger partial charge in [0.2, 0.25) is 0 Å². The lowest BCUT2D eigenvalue weighted by atomic mass is 10.0. The summed E-state index contributed by atoms with van der Waals surface area (Å²) in [6.45, 7) is 12.8. The van der Waals surface area contributed by atoms with E-state index in [1.807, 2.05) is 32.9 Å². The molecule has 0 bridgehead atoms. The Morgan fingerprint density at radius 1 is 1.00 bits per heavy atom. The van der Waals surface area contributed by atoms with Gasteiger partial charge in [0.15, 0.2) is 5.78 Å². The Balaban J connectivity index is 0.000000591. The molecule has 2 rings (SSSR count). The van der Waals surface area contributed by atoms with Crippen LogP contribution < -0.4 is 0 Å². The molecule has 1 unspecified atom stereocenters. The summed E-state index contributed by atoms with van der Waals surface area (Å²) in [5.74, 6) is -0.271. The average Bonchev–Trinajstić information content (AvgIpc) is 2.55. The lowest BCUT2D eigenvalue weighted by molar-refractivity contribution is 0.0747. The van der Waals surface area contributed by atoms with Crippen molar-refractivity contribution in [1.29, 1.82) is 0 Å². The minimum absolute atomic E-state index is 0.271.